The van der Waals surface area contributed by atoms with E-state index in [1.165, 1.54) is 54.5 Å². The summed E-state index contributed by atoms with van der Waals surface area (Å²) < 4.78 is 0. The van der Waals surface area contributed by atoms with Crippen molar-refractivity contribution in [2.75, 3.05) is 17.3 Å². The molecular formula is C13H22N2S2. The second-order valence-corrected chi connectivity index (χ2v) is 7.94. The summed E-state index contributed by atoms with van der Waals surface area (Å²) in [6, 6.07) is 0.590. The predicted octanol–water partition coefficient (Wildman–Crippen LogP) is 3.13. The number of rotatable bonds is 1. The lowest BCUT2D eigenvalue weighted by Gasteiger charge is -2.35. The van der Waals surface area contributed by atoms with E-state index < -0.39 is 0 Å². The Morgan fingerprint density at radius 3 is 2.82 bits per heavy atom. The van der Waals surface area contributed by atoms with Gasteiger partial charge in [0.25, 0.3) is 0 Å². The molecule has 0 bridgehead atoms. The average Bonchev–Trinajstić information content (AvgIpc) is 2.95. The van der Waals surface area contributed by atoms with E-state index in [-0.39, 0.29) is 0 Å². The number of hydrogen-bond donors (Lipinski definition) is 1. The van der Waals surface area contributed by atoms with Crippen molar-refractivity contribution in [2.24, 2.45) is 10.9 Å². The topological polar surface area (TPSA) is 24.4 Å². The van der Waals surface area contributed by atoms with Gasteiger partial charge in [0, 0.05) is 17.0 Å². The molecule has 1 saturated carbocycles. The molecule has 1 aliphatic carbocycles. The fourth-order valence-corrected chi connectivity index (χ4v) is 5.35. The molecule has 3 rings (SSSR count). The molecule has 2 saturated heterocycles. The summed E-state index contributed by atoms with van der Waals surface area (Å²) in [5.41, 5.74) is 0.405. The van der Waals surface area contributed by atoms with Gasteiger partial charge in [0.2, 0.25) is 0 Å². The van der Waals surface area contributed by atoms with Crippen LogP contribution < -0.4 is 5.32 Å². The zero-order chi connectivity index (χ0) is 11.7. The van der Waals surface area contributed by atoms with Gasteiger partial charge in [0.1, 0.15) is 0 Å². The van der Waals surface area contributed by atoms with Crippen molar-refractivity contribution in [3.8, 4) is 0 Å². The van der Waals surface area contributed by atoms with Gasteiger partial charge >= 0.3 is 0 Å². The van der Waals surface area contributed by atoms with Crippen molar-refractivity contribution in [1.82, 2.24) is 5.32 Å². The highest BCUT2D eigenvalue weighted by Crippen LogP contribution is 2.38. The van der Waals surface area contributed by atoms with E-state index in [2.05, 4.69) is 12.2 Å². The van der Waals surface area contributed by atoms with Crippen molar-refractivity contribution < 1.29 is 0 Å². The van der Waals surface area contributed by atoms with Crippen molar-refractivity contribution in [3.63, 3.8) is 0 Å². The molecular weight excluding hydrogens is 248 g/mol. The van der Waals surface area contributed by atoms with Gasteiger partial charge in [-0.05, 0) is 43.8 Å². The molecule has 0 aromatic carbocycles. The van der Waals surface area contributed by atoms with Crippen LogP contribution in [0.2, 0.25) is 0 Å². The molecule has 1 N–H and O–H groups in total. The van der Waals surface area contributed by atoms with Crippen LogP contribution in [-0.2, 0) is 0 Å². The average molecular weight is 270 g/mol. The van der Waals surface area contributed by atoms with E-state index in [1.54, 1.807) is 0 Å². The van der Waals surface area contributed by atoms with Gasteiger partial charge in [-0.25, -0.2) is 0 Å². The van der Waals surface area contributed by atoms with E-state index >= 15 is 0 Å². The third-order valence-electron chi connectivity index (χ3n) is 4.29. The van der Waals surface area contributed by atoms with Crippen LogP contribution in [0.15, 0.2) is 4.99 Å². The Morgan fingerprint density at radius 2 is 2.12 bits per heavy atom. The van der Waals surface area contributed by atoms with Crippen LogP contribution in [0.4, 0.5) is 0 Å². The highest BCUT2D eigenvalue weighted by Gasteiger charge is 2.39. The molecule has 2 heterocycles. The van der Waals surface area contributed by atoms with Crippen LogP contribution in [0.3, 0.4) is 0 Å². The summed E-state index contributed by atoms with van der Waals surface area (Å²) >= 11 is 4.01. The predicted molar refractivity (Wildman–Crippen MR) is 79.1 cm³/mol. The van der Waals surface area contributed by atoms with Crippen LogP contribution in [0, 0.1) is 5.92 Å². The van der Waals surface area contributed by atoms with Crippen LogP contribution in [0.25, 0.3) is 0 Å². The van der Waals surface area contributed by atoms with Crippen LogP contribution in [0.5, 0.6) is 0 Å². The van der Waals surface area contributed by atoms with Gasteiger partial charge in [0.15, 0.2) is 5.17 Å². The fraction of sp³-hybridized carbons (Fsp3) is 0.923. The molecule has 3 aliphatic rings. The first kappa shape index (κ1) is 12.2. The van der Waals surface area contributed by atoms with Gasteiger partial charge in [-0.2, -0.15) is 11.8 Å². The maximum Gasteiger partial charge on any atom is 0.157 e. The van der Waals surface area contributed by atoms with E-state index in [9.17, 15) is 0 Å². The largest absolute Gasteiger partial charge is 0.359 e. The van der Waals surface area contributed by atoms with E-state index in [4.69, 9.17) is 4.99 Å². The van der Waals surface area contributed by atoms with Crippen molar-refractivity contribution in [3.05, 3.63) is 0 Å². The molecule has 17 heavy (non-hydrogen) atoms. The number of amidine groups is 1. The molecule has 4 heteroatoms. The minimum absolute atomic E-state index is 0.405. The molecule has 0 aromatic rings. The number of thioether (sulfide) groups is 2. The molecule has 1 unspecified atom stereocenters. The zero-order valence-electron chi connectivity index (χ0n) is 10.6. The number of hydrogen-bond acceptors (Lipinski definition) is 3. The second kappa shape index (κ2) is 5.04. The van der Waals surface area contributed by atoms with Gasteiger partial charge < -0.3 is 5.32 Å². The van der Waals surface area contributed by atoms with E-state index in [1.807, 2.05) is 23.5 Å². The first-order valence-corrected chi connectivity index (χ1v) is 8.96. The Labute approximate surface area is 113 Å². The Hall–Kier alpha value is 0.170. The summed E-state index contributed by atoms with van der Waals surface area (Å²) in [5, 5.41) is 5.00. The van der Waals surface area contributed by atoms with Crippen LogP contribution in [-0.4, -0.2) is 34.0 Å². The van der Waals surface area contributed by atoms with E-state index in [0.717, 1.165) is 5.92 Å². The lowest BCUT2D eigenvalue weighted by Crippen LogP contribution is -2.46. The van der Waals surface area contributed by atoms with Gasteiger partial charge in [0.05, 0.1) is 6.04 Å². The molecule has 96 valence electrons. The van der Waals surface area contributed by atoms with Gasteiger partial charge in [-0.3, -0.25) is 4.99 Å². The third kappa shape index (κ3) is 2.78. The molecule has 0 amide bonds. The standard InChI is InChI=1S/C13H22N2S2/c1-10-2-5-13(6-3-10)9-17-12(15-13)14-11-4-7-16-8-11/h10-11H,2-9H2,1H3,(H,14,15). The molecule has 3 fully saturated rings. The molecule has 1 atom stereocenters. The molecule has 2 nitrogen and oxygen atoms in total. The van der Waals surface area contributed by atoms with Crippen molar-refractivity contribution >= 4 is 28.7 Å². The Balaban J connectivity index is 1.61. The third-order valence-corrected chi connectivity index (χ3v) is 6.62. The Morgan fingerprint density at radius 1 is 1.29 bits per heavy atom. The monoisotopic (exact) mass is 270 g/mol. The summed E-state index contributed by atoms with van der Waals surface area (Å²) in [6.45, 7) is 2.39. The van der Waals surface area contributed by atoms with Crippen LogP contribution in [0.1, 0.15) is 39.0 Å². The zero-order valence-corrected chi connectivity index (χ0v) is 12.2. The lowest BCUT2D eigenvalue weighted by atomic mass is 9.78. The summed E-state index contributed by atoms with van der Waals surface area (Å²) in [6.07, 6.45) is 6.75. The van der Waals surface area contributed by atoms with E-state index in [0.29, 0.717) is 11.6 Å². The smallest absolute Gasteiger partial charge is 0.157 e. The first-order chi connectivity index (χ1) is 8.26. The maximum absolute atomic E-state index is 4.89. The highest BCUT2D eigenvalue weighted by atomic mass is 32.2. The molecule has 0 aromatic heterocycles. The first-order valence-electron chi connectivity index (χ1n) is 6.82. The minimum atomic E-state index is 0.405. The molecule has 0 radical (unpaired) electrons. The second-order valence-electron chi connectivity index (χ2n) is 5.83. The number of nitrogens with zero attached hydrogens (tertiary/aromatic N) is 1. The lowest BCUT2D eigenvalue weighted by molar-refractivity contribution is 0.250. The Kier molecular flexibility index (Phi) is 3.62. The van der Waals surface area contributed by atoms with Gasteiger partial charge in [-0.1, -0.05) is 18.7 Å². The van der Waals surface area contributed by atoms with Gasteiger partial charge in [-0.15, -0.1) is 0 Å². The minimum Gasteiger partial charge on any atom is -0.359 e. The normalized spacial score (nSPS) is 44.4. The number of aliphatic imine (C=N–C) groups is 1. The SMILES string of the molecule is CC1CCC2(CC1)CSC(=NC1CCSC1)N2. The fourth-order valence-electron chi connectivity index (χ4n) is 2.95. The van der Waals surface area contributed by atoms with Crippen molar-refractivity contribution in [2.45, 2.75) is 50.6 Å². The molecule has 2 aliphatic heterocycles. The summed E-state index contributed by atoms with van der Waals surface area (Å²) in [5.74, 6) is 4.71. The maximum atomic E-state index is 4.89. The molecule has 1 spiro atoms. The van der Waals surface area contributed by atoms with Crippen molar-refractivity contribution in [1.29, 1.82) is 0 Å². The quantitative estimate of drug-likeness (QED) is 0.792. The van der Waals surface area contributed by atoms with Crippen LogP contribution >= 0.6 is 23.5 Å². The summed E-state index contributed by atoms with van der Waals surface area (Å²) in [4.78, 5) is 4.89. The number of nitrogens with one attached hydrogen (secondary N) is 1. The highest BCUT2D eigenvalue weighted by molar-refractivity contribution is 8.14. The Bertz CT molecular complexity index is 303. The summed E-state index contributed by atoms with van der Waals surface area (Å²) in [7, 11) is 0.